The molecule has 2 N–H and O–H groups in total. The van der Waals surface area contributed by atoms with Crippen molar-refractivity contribution in [1.82, 2.24) is 15.1 Å². The predicted molar refractivity (Wildman–Crippen MR) is 114 cm³/mol. The Bertz CT molecular complexity index is 1020. The zero-order valence-corrected chi connectivity index (χ0v) is 17.8. The second kappa shape index (κ2) is 8.47. The van der Waals surface area contributed by atoms with Crippen LogP contribution >= 0.6 is 0 Å². The molecule has 0 spiro atoms. The van der Waals surface area contributed by atoms with Crippen molar-refractivity contribution in [2.45, 2.75) is 12.5 Å². The van der Waals surface area contributed by atoms with Gasteiger partial charge in [0.25, 0.3) is 11.8 Å². The van der Waals surface area contributed by atoms with E-state index in [0.717, 1.165) is 4.90 Å². The fourth-order valence-corrected chi connectivity index (χ4v) is 3.26. The van der Waals surface area contributed by atoms with E-state index in [1.807, 2.05) is 0 Å². The van der Waals surface area contributed by atoms with Gasteiger partial charge in [0.1, 0.15) is 17.8 Å². The summed E-state index contributed by atoms with van der Waals surface area (Å²) in [6.07, 6.45) is 0. The van der Waals surface area contributed by atoms with Crippen LogP contribution in [0, 0.1) is 0 Å². The largest absolute Gasteiger partial charge is 0.497 e. The van der Waals surface area contributed by atoms with Gasteiger partial charge in [-0.25, -0.2) is 4.79 Å². The van der Waals surface area contributed by atoms with Gasteiger partial charge in [0.2, 0.25) is 5.91 Å². The number of ether oxygens (including phenoxy) is 1. The summed E-state index contributed by atoms with van der Waals surface area (Å²) in [4.78, 5) is 52.1. The zero-order chi connectivity index (χ0) is 22.8. The minimum absolute atomic E-state index is 0.157. The number of benzene rings is 2. The lowest BCUT2D eigenvalue weighted by Crippen LogP contribution is -2.42. The van der Waals surface area contributed by atoms with Gasteiger partial charge >= 0.3 is 6.03 Å². The van der Waals surface area contributed by atoms with Crippen LogP contribution in [0.3, 0.4) is 0 Å². The molecular weight excluding hydrogens is 400 g/mol. The molecular formula is C22H24N4O5. The van der Waals surface area contributed by atoms with Crippen molar-refractivity contribution in [3.05, 3.63) is 59.7 Å². The smallest absolute Gasteiger partial charge is 0.325 e. The fourth-order valence-electron chi connectivity index (χ4n) is 3.26. The first-order valence-electron chi connectivity index (χ1n) is 9.56. The number of hydrogen-bond donors (Lipinski definition) is 2. The van der Waals surface area contributed by atoms with Gasteiger partial charge in [-0.3, -0.25) is 19.3 Å². The Balaban J connectivity index is 1.68. The number of carbonyl (C=O) groups excluding carboxylic acids is 4. The van der Waals surface area contributed by atoms with Crippen molar-refractivity contribution < 1.29 is 23.9 Å². The molecule has 9 heteroatoms. The zero-order valence-electron chi connectivity index (χ0n) is 17.8. The lowest BCUT2D eigenvalue weighted by Gasteiger charge is -2.22. The maximum atomic E-state index is 13.0. The second-order valence-electron chi connectivity index (χ2n) is 7.50. The molecule has 1 fully saturated rings. The van der Waals surface area contributed by atoms with Gasteiger partial charge in [-0.2, -0.15) is 0 Å². The number of anilines is 1. The van der Waals surface area contributed by atoms with E-state index in [-0.39, 0.29) is 5.91 Å². The topological polar surface area (TPSA) is 108 Å². The van der Waals surface area contributed by atoms with Crippen molar-refractivity contribution in [2.24, 2.45) is 0 Å². The van der Waals surface area contributed by atoms with E-state index in [2.05, 4.69) is 10.6 Å². The van der Waals surface area contributed by atoms with E-state index in [1.54, 1.807) is 69.6 Å². The Morgan fingerprint density at radius 1 is 1.06 bits per heavy atom. The lowest BCUT2D eigenvalue weighted by molar-refractivity contribution is -0.133. The van der Waals surface area contributed by atoms with Crippen LogP contribution in [0.4, 0.5) is 10.5 Å². The average molecular weight is 424 g/mol. The number of hydrogen-bond acceptors (Lipinski definition) is 5. The van der Waals surface area contributed by atoms with Crippen LogP contribution in [-0.2, 0) is 15.1 Å². The Morgan fingerprint density at radius 2 is 1.68 bits per heavy atom. The van der Waals surface area contributed by atoms with Crippen LogP contribution in [0.15, 0.2) is 48.5 Å². The van der Waals surface area contributed by atoms with E-state index in [1.165, 1.54) is 12.0 Å². The number of amides is 5. The molecule has 0 saturated carbocycles. The third-order valence-corrected chi connectivity index (χ3v) is 5.07. The highest BCUT2D eigenvalue weighted by atomic mass is 16.5. The molecule has 1 saturated heterocycles. The molecule has 1 atom stereocenters. The van der Waals surface area contributed by atoms with Gasteiger partial charge < -0.3 is 20.3 Å². The first-order chi connectivity index (χ1) is 14.7. The average Bonchev–Trinajstić information content (AvgIpc) is 2.97. The van der Waals surface area contributed by atoms with Crippen molar-refractivity contribution in [3.63, 3.8) is 0 Å². The molecule has 1 aliphatic rings. The summed E-state index contributed by atoms with van der Waals surface area (Å²) in [5, 5.41) is 5.29. The molecule has 0 radical (unpaired) electrons. The van der Waals surface area contributed by atoms with Crippen molar-refractivity contribution in [3.8, 4) is 5.75 Å². The Kier molecular flexibility index (Phi) is 5.96. The number of carbonyl (C=O) groups is 4. The third kappa shape index (κ3) is 4.35. The summed E-state index contributed by atoms with van der Waals surface area (Å²) in [5.41, 5.74) is 0.228. The monoisotopic (exact) mass is 424 g/mol. The molecule has 2 aromatic rings. The van der Waals surface area contributed by atoms with E-state index in [9.17, 15) is 19.2 Å². The minimum atomic E-state index is -1.28. The van der Waals surface area contributed by atoms with Crippen LogP contribution in [0.2, 0.25) is 0 Å². The number of methoxy groups -OCH3 is 1. The summed E-state index contributed by atoms with van der Waals surface area (Å²) in [6, 6.07) is 12.5. The van der Waals surface area contributed by atoms with E-state index >= 15 is 0 Å². The van der Waals surface area contributed by atoms with E-state index in [4.69, 9.17) is 4.74 Å². The second-order valence-corrected chi connectivity index (χ2v) is 7.50. The quantitative estimate of drug-likeness (QED) is 0.688. The summed E-state index contributed by atoms with van der Waals surface area (Å²) < 4.78 is 5.12. The molecule has 0 bridgehead atoms. The number of rotatable bonds is 6. The molecule has 3 rings (SSSR count). The predicted octanol–water partition coefficient (Wildman–Crippen LogP) is 1.80. The summed E-state index contributed by atoms with van der Waals surface area (Å²) >= 11 is 0. The normalized spacial score (nSPS) is 17.9. The van der Waals surface area contributed by atoms with Gasteiger partial charge in [-0.05, 0) is 48.9 Å². The number of imide groups is 1. The molecule has 5 amide bonds. The van der Waals surface area contributed by atoms with Gasteiger partial charge in [0.05, 0.1) is 7.11 Å². The van der Waals surface area contributed by atoms with Gasteiger partial charge in [0, 0.05) is 25.3 Å². The lowest BCUT2D eigenvalue weighted by atomic mass is 9.92. The summed E-state index contributed by atoms with van der Waals surface area (Å²) in [6.45, 7) is 1.15. The number of urea groups is 1. The summed E-state index contributed by atoms with van der Waals surface area (Å²) in [5.74, 6) is -0.590. The van der Waals surface area contributed by atoms with Crippen LogP contribution in [0.25, 0.3) is 0 Å². The van der Waals surface area contributed by atoms with Gasteiger partial charge in [-0.15, -0.1) is 0 Å². The molecule has 2 aromatic carbocycles. The third-order valence-electron chi connectivity index (χ3n) is 5.07. The SMILES string of the molecule is COc1ccc(C2(C)NC(=O)N(CC(=O)Nc3ccc(C(=O)N(C)C)cc3)C2=O)cc1. The maximum absolute atomic E-state index is 13.0. The molecule has 31 heavy (non-hydrogen) atoms. The highest BCUT2D eigenvalue weighted by Crippen LogP contribution is 2.30. The standard InChI is InChI=1S/C22H24N4O5/c1-22(15-7-11-17(31-4)12-8-15)20(29)26(21(30)24-22)13-18(27)23-16-9-5-14(6-10-16)19(28)25(2)3/h5-12H,13H2,1-4H3,(H,23,27)(H,24,30). The molecule has 1 heterocycles. The summed E-state index contributed by atoms with van der Waals surface area (Å²) in [7, 11) is 4.83. The van der Waals surface area contributed by atoms with Crippen LogP contribution in [-0.4, -0.2) is 61.3 Å². The van der Waals surface area contributed by atoms with Gasteiger partial charge in [0.15, 0.2) is 0 Å². The van der Waals surface area contributed by atoms with Crippen molar-refractivity contribution in [1.29, 1.82) is 0 Å². The van der Waals surface area contributed by atoms with Crippen LogP contribution < -0.4 is 15.4 Å². The first-order valence-corrected chi connectivity index (χ1v) is 9.56. The molecule has 1 aliphatic heterocycles. The Hall–Kier alpha value is -3.88. The fraction of sp³-hybridized carbons (Fsp3) is 0.273. The molecule has 1 unspecified atom stereocenters. The minimum Gasteiger partial charge on any atom is -0.497 e. The highest BCUT2D eigenvalue weighted by Gasteiger charge is 2.49. The molecule has 0 aliphatic carbocycles. The molecule has 162 valence electrons. The number of nitrogens with one attached hydrogen (secondary N) is 2. The maximum Gasteiger partial charge on any atom is 0.325 e. The molecule has 9 nitrogen and oxygen atoms in total. The highest BCUT2D eigenvalue weighted by molar-refractivity contribution is 6.10. The first kappa shape index (κ1) is 21.8. The Morgan fingerprint density at radius 3 is 2.23 bits per heavy atom. The van der Waals surface area contributed by atoms with E-state index < -0.39 is 29.9 Å². The van der Waals surface area contributed by atoms with Crippen molar-refractivity contribution in [2.75, 3.05) is 33.1 Å². The van der Waals surface area contributed by atoms with E-state index in [0.29, 0.717) is 22.6 Å². The van der Waals surface area contributed by atoms with Crippen molar-refractivity contribution >= 4 is 29.4 Å². The van der Waals surface area contributed by atoms with Crippen LogP contribution in [0.5, 0.6) is 5.75 Å². The number of nitrogens with zero attached hydrogens (tertiary/aromatic N) is 2. The molecule has 0 aromatic heterocycles. The van der Waals surface area contributed by atoms with Crippen LogP contribution in [0.1, 0.15) is 22.8 Å². The van der Waals surface area contributed by atoms with Gasteiger partial charge in [-0.1, -0.05) is 12.1 Å². The Labute approximate surface area is 180 Å².